The van der Waals surface area contributed by atoms with Crippen molar-refractivity contribution in [2.24, 2.45) is 0 Å². The minimum absolute atomic E-state index is 0.0423. The number of amides is 1. The zero-order valence-corrected chi connectivity index (χ0v) is 7.79. The van der Waals surface area contributed by atoms with Crippen molar-refractivity contribution in [1.29, 1.82) is 0 Å². The average Bonchev–Trinajstić information content (AvgIpc) is 2.00. The predicted octanol–water partition coefficient (Wildman–Crippen LogP) is 0.418. The molecule has 0 heterocycles. The molecule has 0 saturated carbocycles. The van der Waals surface area contributed by atoms with Crippen LogP contribution in [0.25, 0.3) is 0 Å². The molecule has 0 saturated heterocycles. The second-order valence-electron chi connectivity index (χ2n) is 2.50. The Morgan fingerprint density at radius 2 is 2.00 bits per heavy atom. The normalized spacial score (nSPS) is 9.25. The molecule has 0 bridgehead atoms. The van der Waals surface area contributed by atoms with Crippen molar-refractivity contribution in [2.75, 3.05) is 20.2 Å². The van der Waals surface area contributed by atoms with Crippen LogP contribution in [0.1, 0.15) is 20.3 Å². The smallest absolute Gasteiger partial charge is 0.307 e. The van der Waals surface area contributed by atoms with Gasteiger partial charge in [0.25, 0.3) is 0 Å². The van der Waals surface area contributed by atoms with Gasteiger partial charge in [-0.2, -0.15) is 0 Å². The van der Waals surface area contributed by atoms with Gasteiger partial charge in [-0.25, -0.2) is 0 Å². The summed E-state index contributed by atoms with van der Waals surface area (Å²) in [5.74, 6) is -0.301. The first-order valence-electron chi connectivity index (χ1n) is 3.95. The molecule has 0 atom stereocenters. The quantitative estimate of drug-likeness (QED) is 0.579. The first kappa shape index (κ1) is 10.9. The molecule has 0 aromatic heterocycles. The van der Waals surface area contributed by atoms with E-state index in [0.717, 1.165) is 0 Å². The van der Waals surface area contributed by atoms with E-state index in [1.54, 1.807) is 14.0 Å². The molecule has 12 heavy (non-hydrogen) atoms. The van der Waals surface area contributed by atoms with Crippen LogP contribution in [-0.2, 0) is 14.3 Å². The Labute approximate surface area is 72.5 Å². The van der Waals surface area contributed by atoms with E-state index < -0.39 is 0 Å². The van der Waals surface area contributed by atoms with E-state index in [-0.39, 0.29) is 18.3 Å². The van der Waals surface area contributed by atoms with Crippen molar-refractivity contribution in [3.05, 3.63) is 0 Å². The molecule has 0 aromatic rings. The van der Waals surface area contributed by atoms with Crippen LogP contribution in [-0.4, -0.2) is 37.0 Å². The van der Waals surface area contributed by atoms with Gasteiger partial charge in [-0.05, 0) is 6.92 Å². The molecule has 0 N–H and O–H groups in total. The molecule has 0 aliphatic heterocycles. The van der Waals surface area contributed by atoms with Gasteiger partial charge in [-0.15, -0.1) is 0 Å². The van der Waals surface area contributed by atoms with E-state index >= 15 is 0 Å². The first-order valence-corrected chi connectivity index (χ1v) is 3.95. The molecule has 0 radical (unpaired) electrons. The van der Waals surface area contributed by atoms with Crippen LogP contribution in [0, 0.1) is 0 Å². The number of carbonyl (C=O) groups excluding carboxylic acids is 2. The standard InChI is InChI=1S/C8H15NO3/c1-4-12-8(11)5-6-9(3)7(2)10/h4-6H2,1-3H3. The zero-order valence-electron chi connectivity index (χ0n) is 7.79. The van der Waals surface area contributed by atoms with Gasteiger partial charge in [0.15, 0.2) is 0 Å². The molecule has 4 nitrogen and oxygen atoms in total. The van der Waals surface area contributed by atoms with E-state index in [9.17, 15) is 9.59 Å². The Balaban J connectivity index is 3.54. The Bertz CT molecular complexity index is 168. The molecular weight excluding hydrogens is 158 g/mol. The summed E-state index contributed by atoms with van der Waals surface area (Å²) in [7, 11) is 1.65. The highest BCUT2D eigenvalue weighted by atomic mass is 16.5. The second-order valence-corrected chi connectivity index (χ2v) is 2.50. The Hall–Kier alpha value is -1.06. The maximum Gasteiger partial charge on any atom is 0.307 e. The van der Waals surface area contributed by atoms with Gasteiger partial charge in [-0.1, -0.05) is 0 Å². The Kier molecular flexibility index (Phi) is 5.08. The van der Waals surface area contributed by atoms with E-state index in [1.807, 2.05) is 0 Å². The topological polar surface area (TPSA) is 46.6 Å². The van der Waals surface area contributed by atoms with Gasteiger partial charge >= 0.3 is 5.97 Å². The summed E-state index contributed by atoms with van der Waals surface area (Å²) in [6, 6.07) is 0. The highest BCUT2D eigenvalue weighted by molar-refractivity contribution is 5.74. The first-order chi connectivity index (χ1) is 5.57. The van der Waals surface area contributed by atoms with Gasteiger partial charge in [0.2, 0.25) is 5.91 Å². The highest BCUT2D eigenvalue weighted by Gasteiger charge is 2.06. The molecule has 0 unspecified atom stereocenters. The fourth-order valence-electron chi connectivity index (χ4n) is 0.650. The van der Waals surface area contributed by atoms with Crippen LogP contribution in [0.15, 0.2) is 0 Å². The molecule has 0 aromatic carbocycles. The lowest BCUT2D eigenvalue weighted by Gasteiger charge is -2.13. The molecular formula is C8H15NO3. The van der Waals surface area contributed by atoms with Gasteiger partial charge in [0.05, 0.1) is 13.0 Å². The van der Waals surface area contributed by atoms with Crippen LogP contribution in [0.5, 0.6) is 0 Å². The van der Waals surface area contributed by atoms with Crippen LogP contribution >= 0.6 is 0 Å². The van der Waals surface area contributed by atoms with Gasteiger partial charge in [0, 0.05) is 20.5 Å². The van der Waals surface area contributed by atoms with Gasteiger partial charge < -0.3 is 9.64 Å². The monoisotopic (exact) mass is 173 g/mol. The average molecular weight is 173 g/mol. The van der Waals surface area contributed by atoms with Crippen LogP contribution in [0.3, 0.4) is 0 Å². The van der Waals surface area contributed by atoms with E-state index in [4.69, 9.17) is 4.74 Å². The largest absolute Gasteiger partial charge is 0.466 e. The summed E-state index contributed by atoms with van der Waals surface area (Å²) in [5, 5.41) is 0. The number of hydrogen-bond donors (Lipinski definition) is 0. The summed E-state index contributed by atoms with van der Waals surface area (Å²) < 4.78 is 4.70. The van der Waals surface area contributed by atoms with Crippen LogP contribution < -0.4 is 0 Å². The Morgan fingerprint density at radius 1 is 1.42 bits per heavy atom. The molecule has 1 amide bonds. The third kappa shape index (κ3) is 4.71. The van der Waals surface area contributed by atoms with Gasteiger partial charge in [0.1, 0.15) is 0 Å². The van der Waals surface area contributed by atoms with E-state index in [2.05, 4.69) is 0 Å². The fourth-order valence-corrected chi connectivity index (χ4v) is 0.650. The van der Waals surface area contributed by atoms with E-state index in [1.165, 1.54) is 11.8 Å². The summed E-state index contributed by atoms with van der Waals surface area (Å²) in [5.41, 5.74) is 0. The molecule has 4 heteroatoms. The fraction of sp³-hybridized carbons (Fsp3) is 0.750. The van der Waals surface area contributed by atoms with Crippen LogP contribution in [0.2, 0.25) is 0 Å². The minimum Gasteiger partial charge on any atom is -0.466 e. The van der Waals surface area contributed by atoms with Crippen LogP contribution in [0.4, 0.5) is 0 Å². The number of rotatable bonds is 4. The summed E-state index contributed by atoms with van der Waals surface area (Å²) >= 11 is 0. The van der Waals surface area contributed by atoms with Crippen molar-refractivity contribution >= 4 is 11.9 Å². The maximum atomic E-state index is 10.8. The third-order valence-electron chi connectivity index (χ3n) is 1.49. The lowest BCUT2D eigenvalue weighted by Crippen LogP contribution is -2.26. The third-order valence-corrected chi connectivity index (χ3v) is 1.49. The molecule has 70 valence electrons. The highest BCUT2D eigenvalue weighted by Crippen LogP contribution is 1.91. The lowest BCUT2D eigenvalue weighted by molar-refractivity contribution is -0.143. The number of hydrogen-bond acceptors (Lipinski definition) is 3. The maximum absolute atomic E-state index is 10.8. The second kappa shape index (κ2) is 5.57. The van der Waals surface area contributed by atoms with Gasteiger partial charge in [-0.3, -0.25) is 9.59 Å². The predicted molar refractivity (Wildman–Crippen MR) is 44.6 cm³/mol. The van der Waals surface area contributed by atoms with E-state index in [0.29, 0.717) is 13.2 Å². The molecule has 0 spiro atoms. The van der Waals surface area contributed by atoms with Crippen molar-refractivity contribution in [3.63, 3.8) is 0 Å². The lowest BCUT2D eigenvalue weighted by atomic mass is 10.4. The summed E-state index contributed by atoms with van der Waals surface area (Å²) in [6.45, 7) is 4.04. The summed E-state index contributed by atoms with van der Waals surface area (Å²) in [4.78, 5) is 23.0. The number of carbonyl (C=O) groups is 2. The van der Waals surface area contributed by atoms with Crippen molar-refractivity contribution in [3.8, 4) is 0 Å². The van der Waals surface area contributed by atoms with Crippen molar-refractivity contribution in [2.45, 2.75) is 20.3 Å². The molecule has 0 aliphatic carbocycles. The van der Waals surface area contributed by atoms with Crippen molar-refractivity contribution < 1.29 is 14.3 Å². The molecule has 0 rings (SSSR count). The number of esters is 1. The minimum atomic E-state index is -0.259. The molecule has 0 fully saturated rings. The van der Waals surface area contributed by atoms with Crippen molar-refractivity contribution in [1.82, 2.24) is 4.90 Å². The number of ether oxygens (including phenoxy) is 1. The SMILES string of the molecule is CCOC(=O)CCN(C)C(C)=O. The molecule has 0 aliphatic rings. The number of nitrogens with zero attached hydrogens (tertiary/aromatic N) is 1. The Morgan fingerprint density at radius 3 is 2.42 bits per heavy atom. The zero-order chi connectivity index (χ0) is 9.56. The summed E-state index contributed by atoms with van der Waals surface area (Å²) in [6.07, 6.45) is 0.268.